The predicted molar refractivity (Wildman–Crippen MR) is 97.1 cm³/mol. The fourth-order valence-electron chi connectivity index (χ4n) is 3.52. The molecule has 1 saturated heterocycles. The van der Waals surface area contributed by atoms with Gasteiger partial charge < -0.3 is 15.2 Å². The van der Waals surface area contributed by atoms with Crippen molar-refractivity contribution in [3.8, 4) is 0 Å². The summed E-state index contributed by atoms with van der Waals surface area (Å²) in [6.07, 6.45) is 9.68. The van der Waals surface area contributed by atoms with E-state index in [1.165, 1.54) is 19.0 Å². The molecule has 1 saturated carbocycles. The van der Waals surface area contributed by atoms with Crippen molar-refractivity contribution < 1.29 is 14.6 Å². The third kappa shape index (κ3) is 4.51. The number of nitrogens with zero attached hydrogens (tertiary/aromatic N) is 4. The summed E-state index contributed by atoms with van der Waals surface area (Å²) in [7, 11) is 0. The Hall–Kier alpha value is -2.32. The number of amides is 1. The molecule has 144 valence electrons. The average molecular weight is 371 g/mol. The monoisotopic (exact) mass is 371 g/mol. The third-order valence-corrected chi connectivity index (χ3v) is 5.27. The first-order valence-corrected chi connectivity index (χ1v) is 9.60. The largest absolute Gasteiger partial charge is 0.394 e. The van der Waals surface area contributed by atoms with Gasteiger partial charge >= 0.3 is 0 Å². The lowest BCUT2D eigenvalue weighted by molar-refractivity contribution is -0.0912. The number of hydrogen-bond donors (Lipinski definition) is 2. The van der Waals surface area contributed by atoms with Crippen LogP contribution in [0, 0.1) is 0 Å². The molecule has 0 spiro atoms. The van der Waals surface area contributed by atoms with Crippen LogP contribution in [-0.2, 0) is 11.3 Å². The Bertz CT molecular complexity index is 762. The molecule has 3 heterocycles. The van der Waals surface area contributed by atoms with Crippen molar-refractivity contribution in [2.45, 2.75) is 62.8 Å². The Labute approximate surface area is 157 Å². The Morgan fingerprint density at radius 1 is 1.33 bits per heavy atom. The van der Waals surface area contributed by atoms with Gasteiger partial charge in [-0.1, -0.05) is 5.21 Å². The van der Waals surface area contributed by atoms with Crippen molar-refractivity contribution in [3.05, 3.63) is 42.0 Å². The van der Waals surface area contributed by atoms with Gasteiger partial charge in [0.2, 0.25) is 0 Å². The molecule has 8 nitrogen and oxygen atoms in total. The minimum atomic E-state index is -0.401. The van der Waals surface area contributed by atoms with Crippen LogP contribution in [0.1, 0.15) is 54.1 Å². The Morgan fingerprint density at radius 3 is 2.96 bits per heavy atom. The van der Waals surface area contributed by atoms with Gasteiger partial charge in [-0.05, 0) is 44.2 Å². The molecule has 27 heavy (non-hydrogen) atoms. The summed E-state index contributed by atoms with van der Waals surface area (Å²) < 4.78 is 7.91. The second-order valence-electron chi connectivity index (χ2n) is 7.35. The zero-order valence-corrected chi connectivity index (χ0v) is 15.2. The first kappa shape index (κ1) is 18.1. The molecule has 0 unspecified atom stereocenters. The van der Waals surface area contributed by atoms with Gasteiger partial charge in [-0.3, -0.25) is 14.5 Å². The number of carbonyl (C=O) groups is 1. The number of aliphatic hydroxyl groups excluding tert-OH is 1. The van der Waals surface area contributed by atoms with Crippen LogP contribution >= 0.6 is 0 Å². The summed E-state index contributed by atoms with van der Waals surface area (Å²) in [4.78, 5) is 16.3. The number of aryl methyl sites for hydroxylation is 1. The van der Waals surface area contributed by atoms with E-state index in [4.69, 9.17) is 4.74 Å². The lowest BCUT2D eigenvalue weighted by Crippen LogP contribution is -2.51. The van der Waals surface area contributed by atoms with Gasteiger partial charge in [0.05, 0.1) is 30.0 Å². The lowest BCUT2D eigenvalue weighted by atomic mass is 9.97. The van der Waals surface area contributed by atoms with E-state index in [9.17, 15) is 9.90 Å². The van der Waals surface area contributed by atoms with Crippen molar-refractivity contribution in [3.63, 3.8) is 0 Å². The van der Waals surface area contributed by atoms with Crippen molar-refractivity contribution in [2.75, 3.05) is 6.61 Å². The van der Waals surface area contributed by atoms with E-state index in [0.717, 1.165) is 31.5 Å². The molecule has 4 rings (SSSR count). The summed E-state index contributed by atoms with van der Waals surface area (Å²) in [6.45, 7) is 0.624. The maximum absolute atomic E-state index is 12.3. The molecule has 8 heteroatoms. The molecule has 1 amide bonds. The molecular formula is C19H25N5O3. The number of nitrogens with one attached hydrogen (secondary N) is 1. The Morgan fingerprint density at radius 2 is 2.22 bits per heavy atom. The molecule has 1 aliphatic heterocycles. The number of aromatic nitrogens is 4. The number of carbonyl (C=O) groups excluding carboxylic acids is 1. The lowest BCUT2D eigenvalue weighted by Gasteiger charge is -2.36. The quantitative estimate of drug-likeness (QED) is 0.760. The average Bonchev–Trinajstić information content (AvgIpc) is 3.46. The molecular weight excluding hydrogens is 346 g/mol. The molecule has 2 aliphatic rings. The van der Waals surface area contributed by atoms with Gasteiger partial charge in [0, 0.05) is 31.1 Å². The summed E-state index contributed by atoms with van der Waals surface area (Å²) in [5.41, 5.74) is 1.60. The van der Waals surface area contributed by atoms with Crippen molar-refractivity contribution in [1.29, 1.82) is 0 Å². The molecule has 2 aromatic heterocycles. The molecule has 0 bridgehead atoms. The maximum atomic E-state index is 12.3. The molecule has 1 aliphatic carbocycles. The van der Waals surface area contributed by atoms with Crippen LogP contribution in [0.4, 0.5) is 0 Å². The van der Waals surface area contributed by atoms with E-state index >= 15 is 0 Å². The molecule has 0 aromatic carbocycles. The van der Waals surface area contributed by atoms with Crippen LogP contribution in [0.15, 0.2) is 30.7 Å². The third-order valence-electron chi connectivity index (χ3n) is 5.27. The molecule has 2 N–H and O–H groups in total. The van der Waals surface area contributed by atoms with Crippen LogP contribution < -0.4 is 5.32 Å². The second-order valence-corrected chi connectivity index (χ2v) is 7.35. The zero-order chi connectivity index (χ0) is 18.6. The number of ether oxygens (including phenoxy) is 1. The van der Waals surface area contributed by atoms with E-state index in [1.807, 2.05) is 10.9 Å². The molecule has 2 aromatic rings. The second kappa shape index (κ2) is 8.14. The van der Waals surface area contributed by atoms with E-state index in [1.54, 1.807) is 18.3 Å². The van der Waals surface area contributed by atoms with Gasteiger partial charge in [-0.25, -0.2) is 0 Å². The summed E-state index contributed by atoms with van der Waals surface area (Å²) in [5.74, 6) is 0.413. The van der Waals surface area contributed by atoms with Gasteiger partial charge in [-0.15, -0.1) is 5.10 Å². The number of aliphatic hydroxyl groups is 1. The minimum Gasteiger partial charge on any atom is -0.394 e. The zero-order valence-electron chi connectivity index (χ0n) is 15.2. The predicted octanol–water partition coefficient (Wildman–Crippen LogP) is 1.28. The van der Waals surface area contributed by atoms with E-state index in [0.29, 0.717) is 11.5 Å². The normalized spacial score (nSPS) is 25.3. The number of pyridine rings is 1. The summed E-state index contributed by atoms with van der Waals surface area (Å²) in [5, 5.41) is 21.1. The van der Waals surface area contributed by atoms with E-state index in [-0.39, 0.29) is 24.7 Å². The van der Waals surface area contributed by atoms with Gasteiger partial charge in [0.15, 0.2) is 0 Å². The highest BCUT2D eigenvalue weighted by atomic mass is 16.5. The molecule has 3 atom stereocenters. The van der Waals surface area contributed by atoms with Crippen LogP contribution in [0.3, 0.4) is 0 Å². The first-order valence-electron chi connectivity index (χ1n) is 9.60. The smallest absolute Gasteiger partial charge is 0.253 e. The first-order chi connectivity index (χ1) is 13.2. The maximum Gasteiger partial charge on any atom is 0.253 e. The van der Waals surface area contributed by atoms with Crippen molar-refractivity contribution in [2.24, 2.45) is 0 Å². The SMILES string of the molecule is O=C(N[C@H]1CC[C@@H](CCn2cc(C3CC3)nn2)O[C@@H]1CO)c1cccnc1. The van der Waals surface area contributed by atoms with Crippen molar-refractivity contribution in [1.82, 2.24) is 25.3 Å². The fraction of sp³-hybridized carbons (Fsp3) is 0.579. The van der Waals surface area contributed by atoms with Crippen LogP contribution in [0.5, 0.6) is 0 Å². The van der Waals surface area contributed by atoms with E-state index < -0.39 is 6.10 Å². The van der Waals surface area contributed by atoms with Gasteiger partial charge in [0.1, 0.15) is 6.10 Å². The minimum absolute atomic E-state index is 0.0438. The highest BCUT2D eigenvalue weighted by Crippen LogP contribution is 2.38. The summed E-state index contributed by atoms with van der Waals surface area (Å²) >= 11 is 0. The van der Waals surface area contributed by atoms with Crippen LogP contribution in [0.25, 0.3) is 0 Å². The van der Waals surface area contributed by atoms with Crippen LogP contribution in [-0.4, -0.2) is 55.8 Å². The molecule has 2 fully saturated rings. The number of rotatable bonds is 7. The van der Waals surface area contributed by atoms with Gasteiger partial charge in [-0.2, -0.15) is 0 Å². The highest BCUT2D eigenvalue weighted by molar-refractivity contribution is 5.94. The van der Waals surface area contributed by atoms with Gasteiger partial charge in [0.25, 0.3) is 5.91 Å². The Kier molecular flexibility index (Phi) is 5.45. The standard InChI is InChI=1S/C19H25N5O3/c25-12-18-16(21-19(26)14-2-1-8-20-10-14)6-5-15(27-18)7-9-24-11-17(22-23-24)13-3-4-13/h1-2,8,10-11,13,15-16,18,25H,3-7,9,12H2,(H,21,26)/t15-,16-,18+/m0/s1. The Balaban J connectivity index is 1.27. The molecule has 0 radical (unpaired) electrons. The van der Waals surface area contributed by atoms with Crippen LogP contribution in [0.2, 0.25) is 0 Å². The number of hydrogen-bond acceptors (Lipinski definition) is 6. The highest BCUT2D eigenvalue weighted by Gasteiger charge is 2.32. The van der Waals surface area contributed by atoms with E-state index in [2.05, 4.69) is 20.6 Å². The van der Waals surface area contributed by atoms with Crippen molar-refractivity contribution >= 4 is 5.91 Å². The summed E-state index contributed by atoms with van der Waals surface area (Å²) in [6, 6.07) is 3.24. The topological polar surface area (TPSA) is 102 Å². The fourth-order valence-corrected chi connectivity index (χ4v) is 3.52.